The molecule has 0 saturated carbocycles. The summed E-state index contributed by atoms with van der Waals surface area (Å²) in [5.74, 6) is -0.0353. The number of nitrogens with zero attached hydrogens (tertiary/aromatic N) is 2. The van der Waals surface area contributed by atoms with E-state index in [9.17, 15) is 4.79 Å². The highest BCUT2D eigenvalue weighted by Crippen LogP contribution is 2.31. The Morgan fingerprint density at radius 3 is 2.75 bits per heavy atom. The second kappa shape index (κ2) is 7.02. The summed E-state index contributed by atoms with van der Waals surface area (Å²) in [6.07, 6.45) is 4.94. The zero-order valence-corrected chi connectivity index (χ0v) is 13.8. The molecular weight excluding hydrogens is 306 g/mol. The molecule has 0 bridgehead atoms. The van der Waals surface area contributed by atoms with Crippen molar-refractivity contribution in [3.05, 3.63) is 36.7 Å². The number of aryl methyl sites for hydroxylation is 1. The lowest BCUT2D eigenvalue weighted by molar-refractivity contribution is -0.130. The summed E-state index contributed by atoms with van der Waals surface area (Å²) in [5.41, 5.74) is 7.87. The van der Waals surface area contributed by atoms with Crippen LogP contribution in [-0.4, -0.2) is 35.4 Å². The second-order valence-electron chi connectivity index (χ2n) is 6.16. The summed E-state index contributed by atoms with van der Waals surface area (Å²) in [4.78, 5) is 12.7. The molecule has 1 aliphatic heterocycles. The number of anilines is 3. The summed E-state index contributed by atoms with van der Waals surface area (Å²) in [5, 5.41) is 10.4. The van der Waals surface area contributed by atoms with E-state index in [1.807, 2.05) is 37.5 Å². The second-order valence-corrected chi connectivity index (χ2v) is 6.16. The quantitative estimate of drug-likeness (QED) is 0.778. The SMILES string of the molecule is Cn1cc(Nc2cccc(NC(=O)C3(CN)CCOCC3)c2)cn1. The first-order valence-electron chi connectivity index (χ1n) is 8.06. The molecule has 1 amide bonds. The maximum absolute atomic E-state index is 12.7. The molecule has 0 atom stereocenters. The number of nitrogens with two attached hydrogens (primary N) is 1. The van der Waals surface area contributed by atoms with Crippen molar-refractivity contribution in [1.82, 2.24) is 9.78 Å². The number of carbonyl (C=O) groups is 1. The molecule has 2 heterocycles. The van der Waals surface area contributed by atoms with Crippen LogP contribution < -0.4 is 16.4 Å². The lowest BCUT2D eigenvalue weighted by atomic mass is 9.79. The van der Waals surface area contributed by atoms with E-state index < -0.39 is 5.41 Å². The van der Waals surface area contributed by atoms with Crippen LogP contribution in [0.4, 0.5) is 17.1 Å². The number of amides is 1. The van der Waals surface area contributed by atoms with Crippen LogP contribution >= 0.6 is 0 Å². The molecule has 0 unspecified atom stereocenters. The largest absolute Gasteiger partial charge is 0.381 e. The van der Waals surface area contributed by atoms with Gasteiger partial charge >= 0.3 is 0 Å². The molecule has 1 aromatic heterocycles. The van der Waals surface area contributed by atoms with Gasteiger partial charge in [-0.1, -0.05) is 6.07 Å². The van der Waals surface area contributed by atoms with Gasteiger partial charge in [0.05, 0.1) is 17.3 Å². The third-order valence-electron chi connectivity index (χ3n) is 4.44. The van der Waals surface area contributed by atoms with Crippen LogP contribution in [0.2, 0.25) is 0 Å². The van der Waals surface area contributed by atoms with Gasteiger partial charge in [0.25, 0.3) is 0 Å². The number of carbonyl (C=O) groups excluding carboxylic acids is 1. The molecule has 0 spiro atoms. The Morgan fingerprint density at radius 1 is 1.33 bits per heavy atom. The van der Waals surface area contributed by atoms with Crippen LogP contribution in [0.5, 0.6) is 0 Å². The Kier molecular flexibility index (Phi) is 4.82. The molecule has 4 N–H and O–H groups in total. The summed E-state index contributed by atoms with van der Waals surface area (Å²) in [6.45, 7) is 1.48. The van der Waals surface area contributed by atoms with Crippen molar-refractivity contribution in [2.24, 2.45) is 18.2 Å². The minimum absolute atomic E-state index is 0.0353. The summed E-state index contributed by atoms with van der Waals surface area (Å²) < 4.78 is 7.09. The molecule has 1 aromatic carbocycles. The minimum Gasteiger partial charge on any atom is -0.381 e. The fourth-order valence-corrected chi connectivity index (χ4v) is 2.88. The van der Waals surface area contributed by atoms with E-state index in [1.54, 1.807) is 10.9 Å². The molecule has 128 valence electrons. The van der Waals surface area contributed by atoms with Gasteiger partial charge in [-0.05, 0) is 31.0 Å². The van der Waals surface area contributed by atoms with Gasteiger partial charge in [-0.3, -0.25) is 9.48 Å². The van der Waals surface area contributed by atoms with Crippen molar-refractivity contribution in [2.45, 2.75) is 12.8 Å². The summed E-state index contributed by atoms with van der Waals surface area (Å²) in [7, 11) is 1.86. The van der Waals surface area contributed by atoms with Crippen LogP contribution in [0.25, 0.3) is 0 Å². The van der Waals surface area contributed by atoms with Crippen LogP contribution in [0.3, 0.4) is 0 Å². The predicted molar refractivity (Wildman–Crippen MR) is 93.1 cm³/mol. The van der Waals surface area contributed by atoms with Crippen LogP contribution in [0.1, 0.15) is 12.8 Å². The average molecular weight is 329 g/mol. The third-order valence-corrected chi connectivity index (χ3v) is 4.44. The number of rotatable bonds is 5. The Hall–Kier alpha value is -2.38. The number of nitrogens with one attached hydrogen (secondary N) is 2. The first-order valence-corrected chi connectivity index (χ1v) is 8.06. The maximum Gasteiger partial charge on any atom is 0.232 e. The zero-order chi connectivity index (χ0) is 17.0. The number of ether oxygens (including phenoxy) is 1. The fourth-order valence-electron chi connectivity index (χ4n) is 2.88. The van der Waals surface area contributed by atoms with Gasteiger partial charge in [0.2, 0.25) is 5.91 Å². The van der Waals surface area contributed by atoms with Crippen molar-refractivity contribution < 1.29 is 9.53 Å². The van der Waals surface area contributed by atoms with Gasteiger partial charge in [0, 0.05) is 44.4 Å². The molecule has 1 saturated heterocycles. The Balaban J connectivity index is 1.70. The van der Waals surface area contributed by atoms with E-state index in [0.717, 1.165) is 17.1 Å². The topological polar surface area (TPSA) is 94.2 Å². The molecule has 24 heavy (non-hydrogen) atoms. The van der Waals surface area contributed by atoms with Crippen LogP contribution in [0.15, 0.2) is 36.7 Å². The molecule has 3 rings (SSSR count). The third kappa shape index (κ3) is 3.58. The minimum atomic E-state index is -0.537. The van der Waals surface area contributed by atoms with Crippen molar-refractivity contribution >= 4 is 23.0 Å². The Morgan fingerprint density at radius 2 is 2.08 bits per heavy atom. The van der Waals surface area contributed by atoms with Crippen molar-refractivity contribution in [3.63, 3.8) is 0 Å². The smallest absolute Gasteiger partial charge is 0.232 e. The van der Waals surface area contributed by atoms with E-state index in [0.29, 0.717) is 32.6 Å². The van der Waals surface area contributed by atoms with Gasteiger partial charge in [-0.2, -0.15) is 5.10 Å². The fraction of sp³-hybridized carbons (Fsp3) is 0.412. The lowest BCUT2D eigenvalue weighted by Gasteiger charge is -2.34. The molecule has 2 aromatic rings. The Labute approximate surface area is 141 Å². The van der Waals surface area contributed by atoms with Crippen molar-refractivity contribution in [1.29, 1.82) is 0 Å². The summed E-state index contributed by atoms with van der Waals surface area (Å²) >= 11 is 0. The van der Waals surface area contributed by atoms with E-state index in [2.05, 4.69) is 15.7 Å². The van der Waals surface area contributed by atoms with E-state index in [4.69, 9.17) is 10.5 Å². The molecule has 1 fully saturated rings. The molecule has 1 aliphatic rings. The number of hydrogen-bond donors (Lipinski definition) is 3. The molecule has 0 aliphatic carbocycles. The van der Waals surface area contributed by atoms with Gasteiger partial charge < -0.3 is 21.1 Å². The highest BCUT2D eigenvalue weighted by atomic mass is 16.5. The van der Waals surface area contributed by atoms with Gasteiger partial charge in [-0.15, -0.1) is 0 Å². The highest BCUT2D eigenvalue weighted by molar-refractivity contribution is 5.96. The molecular formula is C17H23N5O2. The van der Waals surface area contributed by atoms with E-state index in [-0.39, 0.29) is 5.91 Å². The molecule has 7 heteroatoms. The highest BCUT2D eigenvalue weighted by Gasteiger charge is 2.38. The van der Waals surface area contributed by atoms with Gasteiger partial charge in [-0.25, -0.2) is 0 Å². The van der Waals surface area contributed by atoms with Crippen molar-refractivity contribution in [3.8, 4) is 0 Å². The first kappa shape index (κ1) is 16.5. The average Bonchev–Trinajstić information content (AvgIpc) is 3.00. The lowest BCUT2D eigenvalue weighted by Crippen LogP contribution is -2.46. The normalized spacial score (nSPS) is 16.6. The first-order chi connectivity index (χ1) is 11.6. The van der Waals surface area contributed by atoms with E-state index >= 15 is 0 Å². The Bertz CT molecular complexity index is 707. The van der Waals surface area contributed by atoms with E-state index in [1.165, 1.54) is 0 Å². The molecule has 7 nitrogen and oxygen atoms in total. The number of aromatic nitrogens is 2. The number of hydrogen-bond acceptors (Lipinski definition) is 5. The summed E-state index contributed by atoms with van der Waals surface area (Å²) in [6, 6.07) is 7.60. The standard InChI is InChI=1S/C17H23N5O2/c1-22-11-15(10-19-22)20-13-3-2-4-14(9-13)21-16(23)17(12-18)5-7-24-8-6-17/h2-4,9-11,20H,5-8,12,18H2,1H3,(H,21,23). The zero-order valence-electron chi connectivity index (χ0n) is 13.8. The molecule has 0 radical (unpaired) electrons. The van der Waals surface area contributed by atoms with Crippen LogP contribution in [0, 0.1) is 5.41 Å². The maximum atomic E-state index is 12.7. The predicted octanol–water partition coefficient (Wildman–Crippen LogP) is 1.86. The monoisotopic (exact) mass is 329 g/mol. The van der Waals surface area contributed by atoms with Crippen molar-refractivity contribution in [2.75, 3.05) is 30.4 Å². The number of benzene rings is 1. The van der Waals surface area contributed by atoms with Gasteiger partial charge in [0.1, 0.15) is 0 Å². The van der Waals surface area contributed by atoms with Crippen LogP contribution in [-0.2, 0) is 16.6 Å². The van der Waals surface area contributed by atoms with Gasteiger partial charge in [0.15, 0.2) is 0 Å².